The van der Waals surface area contributed by atoms with E-state index in [2.05, 4.69) is 32.4 Å². The van der Waals surface area contributed by atoms with E-state index in [9.17, 15) is 4.79 Å². The van der Waals surface area contributed by atoms with Gasteiger partial charge >= 0.3 is 0 Å². The molecule has 0 bridgehead atoms. The molecule has 8 nitrogen and oxygen atoms in total. The highest BCUT2D eigenvalue weighted by Crippen LogP contribution is 2.23. The molecular formula is C24H24N6O2. The van der Waals surface area contributed by atoms with Gasteiger partial charge in [-0.1, -0.05) is 43.3 Å². The topological polar surface area (TPSA) is 89.9 Å². The first-order valence-corrected chi connectivity index (χ1v) is 10.7. The van der Waals surface area contributed by atoms with Crippen molar-refractivity contribution in [2.75, 3.05) is 6.54 Å². The first-order valence-electron chi connectivity index (χ1n) is 10.7. The van der Waals surface area contributed by atoms with Gasteiger partial charge in [-0.05, 0) is 36.6 Å². The molecule has 5 rings (SSSR count). The molecule has 32 heavy (non-hydrogen) atoms. The molecule has 0 N–H and O–H groups in total. The summed E-state index contributed by atoms with van der Waals surface area (Å²) in [5.41, 5.74) is 4.61. The Morgan fingerprint density at radius 1 is 1.09 bits per heavy atom. The van der Waals surface area contributed by atoms with Crippen LogP contribution in [0, 0.1) is 6.92 Å². The minimum absolute atomic E-state index is 0.00746. The number of nitrogens with zero attached hydrogens (tertiary/aromatic N) is 6. The predicted molar refractivity (Wildman–Crippen MR) is 118 cm³/mol. The number of fused-ring (bicyclic) bond motifs is 1. The summed E-state index contributed by atoms with van der Waals surface area (Å²) >= 11 is 0. The van der Waals surface area contributed by atoms with Crippen LogP contribution in [0.2, 0.25) is 0 Å². The molecule has 0 saturated heterocycles. The van der Waals surface area contributed by atoms with E-state index in [1.807, 2.05) is 49.9 Å². The lowest BCUT2D eigenvalue weighted by atomic mass is 9.99. The van der Waals surface area contributed by atoms with E-state index >= 15 is 0 Å². The lowest BCUT2D eigenvalue weighted by Crippen LogP contribution is -2.36. The summed E-state index contributed by atoms with van der Waals surface area (Å²) in [4.78, 5) is 24.0. The molecule has 3 aromatic heterocycles. The highest BCUT2D eigenvalue weighted by atomic mass is 16.5. The van der Waals surface area contributed by atoms with Crippen LogP contribution in [0.1, 0.15) is 52.8 Å². The fourth-order valence-electron chi connectivity index (χ4n) is 3.91. The first kappa shape index (κ1) is 20.1. The van der Waals surface area contributed by atoms with Crippen molar-refractivity contribution in [3.63, 3.8) is 0 Å². The summed E-state index contributed by atoms with van der Waals surface area (Å²) in [5, 5.41) is 8.43. The maximum absolute atomic E-state index is 13.2. The third-order valence-electron chi connectivity index (χ3n) is 5.83. The molecule has 0 radical (unpaired) electrons. The van der Waals surface area contributed by atoms with Crippen LogP contribution in [0.25, 0.3) is 17.3 Å². The molecule has 0 saturated carbocycles. The zero-order valence-electron chi connectivity index (χ0n) is 18.3. The van der Waals surface area contributed by atoms with Gasteiger partial charge < -0.3 is 9.42 Å². The number of rotatable bonds is 4. The van der Waals surface area contributed by atoms with E-state index in [1.165, 1.54) is 11.1 Å². The van der Waals surface area contributed by atoms with Crippen LogP contribution in [0.3, 0.4) is 0 Å². The Morgan fingerprint density at radius 2 is 1.91 bits per heavy atom. The number of pyridine rings is 1. The van der Waals surface area contributed by atoms with Gasteiger partial charge in [-0.2, -0.15) is 10.1 Å². The van der Waals surface area contributed by atoms with Crippen molar-refractivity contribution in [2.45, 2.75) is 39.7 Å². The Balaban J connectivity index is 1.36. The van der Waals surface area contributed by atoms with Crippen molar-refractivity contribution >= 4 is 5.91 Å². The molecule has 1 aliphatic heterocycles. The molecule has 0 atom stereocenters. The minimum Gasteiger partial charge on any atom is -0.334 e. The average Bonchev–Trinajstić information content (AvgIpc) is 3.46. The van der Waals surface area contributed by atoms with Crippen molar-refractivity contribution in [3.05, 3.63) is 77.0 Å². The van der Waals surface area contributed by atoms with E-state index in [0.717, 1.165) is 17.7 Å². The SMILES string of the molecule is Cc1c(C(=O)N2CCc3ccccc3C2)cnn1-c1ccc(-c2nc(C(C)C)no2)cn1. The van der Waals surface area contributed by atoms with Gasteiger partial charge in [-0.25, -0.2) is 9.67 Å². The third-order valence-corrected chi connectivity index (χ3v) is 5.83. The van der Waals surface area contributed by atoms with Gasteiger partial charge in [-0.15, -0.1) is 0 Å². The van der Waals surface area contributed by atoms with Crippen LogP contribution in [0.4, 0.5) is 0 Å². The van der Waals surface area contributed by atoms with E-state index in [0.29, 0.717) is 36.2 Å². The van der Waals surface area contributed by atoms with Gasteiger partial charge in [0.1, 0.15) is 0 Å². The molecule has 1 aromatic carbocycles. The standard InChI is InChI=1S/C24H24N6O2/c1-15(2)22-27-23(32-28-22)18-8-9-21(25-12-18)30-16(3)20(13-26-30)24(31)29-11-10-17-6-4-5-7-19(17)14-29/h4-9,12-13,15H,10-11,14H2,1-3H3. The largest absolute Gasteiger partial charge is 0.334 e. The fourth-order valence-corrected chi connectivity index (χ4v) is 3.91. The number of hydrogen-bond donors (Lipinski definition) is 0. The highest BCUT2D eigenvalue weighted by Gasteiger charge is 2.25. The summed E-state index contributed by atoms with van der Waals surface area (Å²) < 4.78 is 7.02. The number of carbonyl (C=O) groups is 1. The fraction of sp³-hybridized carbons (Fsp3) is 0.292. The second-order valence-electron chi connectivity index (χ2n) is 8.32. The summed E-state index contributed by atoms with van der Waals surface area (Å²) in [7, 11) is 0. The van der Waals surface area contributed by atoms with Crippen LogP contribution >= 0.6 is 0 Å². The van der Waals surface area contributed by atoms with Crippen LogP contribution in [0.15, 0.2) is 53.3 Å². The zero-order valence-corrected chi connectivity index (χ0v) is 18.3. The van der Waals surface area contributed by atoms with Gasteiger partial charge in [0.25, 0.3) is 11.8 Å². The van der Waals surface area contributed by atoms with Gasteiger partial charge in [0, 0.05) is 25.2 Å². The zero-order chi connectivity index (χ0) is 22.2. The lowest BCUT2D eigenvalue weighted by molar-refractivity contribution is 0.0734. The smallest absolute Gasteiger partial charge is 0.259 e. The maximum atomic E-state index is 13.2. The second kappa shape index (κ2) is 8.03. The molecule has 8 heteroatoms. The number of carbonyl (C=O) groups excluding carboxylic acids is 1. The van der Waals surface area contributed by atoms with Gasteiger partial charge in [0.15, 0.2) is 11.6 Å². The Labute approximate surface area is 185 Å². The molecule has 4 heterocycles. The predicted octanol–water partition coefficient (Wildman–Crippen LogP) is 3.95. The molecule has 0 spiro atoms. The lowest BCUT2D eigenvalue weighted by Gasteiger charge is -2.28. The Hall–Kier alpha value is -3.81. The van der Waals surface area contributed by atoms with E-state index in [4.69, 9.17) is 4.52 Å². The van der Waals surface area contributed by atoms with Crippen LogP contribution in [-0.4, -0.2) is 42.3 Å². The quantitative estimate of drug-likeness (QED) is 0.489. The minimum atomic E-state index is -0.00746. The molecule has 162 valence electrons. The maximum Gasteiger partial charge on any atom is 0.259 e. The van der Waals surface area contributed by atoms with Crippen molar-refractivity contribution in [1.82, 2.24) is 29.8 Å². The second-order valence-corrected chi connectivity index (χ2v) is 8.32. The number of benzene rings is 1. The van der Waals surface area contributed by atoms with Crippen molar-refractivity contribution in [3.8, 4) is 17.3 Å². The normalized spacial score (nSPS) is 13.4. The van der Waals surface area contributed by atoms with Crippen molar-refractivity contribution in [1.29, 1.82) is 0 Å². The average molecular weight is 428 g/mol. The number of aromatic nitrogens is 5. The molecule has 0 fully saturated rings. The summed E-state index contributed by atoms with van der Waals surface area (Å²) in [6.07, 6.45) is 4.17. The monoisotopic (exact) mass is 428 g/mol. The van der Waals surface area contributed by atoms with E-state index in [1.54, 1.807) is 17.1 Å². The summed E-state index contributed by atoms with van der Waals surface area (Å²) in [6.45, 7) is 7.24. The molecule has 4 aromatic rings. The van der Waals surface area contributed by atoms with E-state index < -0.39 is 0 Å². The van der Waals surface area contributed by atoms with Gasteiger partial charge in [0.05, 0.1) is 23.0 Å². The van der Waals surface area contributed by atoms with Gasteiger partial charge in [-0.3, -0.25) is 4.79 Å². The molecular weight excluding hydrogens is 404 g/mol. The highest BCUT2D eigenvalue weighted by molar-refractivity contribution is 5.95. The van der Waals surface area contributed by atoms with Crippen LogP contribution in [0.5, 0.6) is 0 Å². The summed E-state index contributed by atoms with van der Waals surface area (Å²) in [6, 6.07) is 12.0. The van der Waals surface area contributed by atoms with Crippen molar-refractivity contribution in [2.24, 2.45) is 0 Å². The summed E-state index contributed by atoms with van der Waals surface area (Å²) in [5.74, 6) is 1.90. The van der Waals surface area contributed by atoms with E-state index in [-0.39, 0.29) is 11.8 Å². The number of amides is 1. The Bertz CT molecular complexity index is 1270. The van der Waals surface area contributed by atoms with Crippen LogP contribution < -0.4 is 0 Å². The first-order chi connectivity index (χ1) is 15.5. The molecule has 0 aliphatic carbocycles. The Morgan fingerprint density at radius 3 is 2.62 bits per heavy atom. The molecule has 1 aliphatic rings. The third kappa shape index (κ3) is 3.57. The molecule has 1 amide bonds. The van der Waals surface area contributed by atoms with Crippen LogP contribution in [-0.2, 0) is 13.0 Å². The van der Waals surface area contributed by atoms with Gasteiger partial charge in [0.2, 0.25) is 0 Å². The molecule has 0 unspecified atom stereocenters. The van der Waals surface area contributed by atoms with Crippen molar-refractivity contribution < 1.29 is 9.32 Å². The number of hydrogen-bond acceptors (Lipinski definition) is 6. The Kier molecular flexibility index (Phi) is 5.05.